The maximum atomic E-state index is 11.8. The lowest BCUT2D eigenvalue weighted by Gasteiger charge is -2.07. The summed E-state index contributed by atoms with van der Waals surface area (Å²) in [5.74, 6) is -1.19. The van der Waals surface area contributed by atoms with Crippen molar-refractivity contribution in [3.8, 4) is 0 Å². The minimum Gasteiger partial charge on any atom is -0.452 e. The molecule has 2 aromatic rings. The minimum absolute atomic E-state index is 0.127. The number of esters is 1. The van der Waals surface area contributed by atoms with Crippen LogP contribution in [0.1, 0.15) is 10.4 Å². The van der Waals surface area contributed by atoms with Crippen molar-refractivity contribution in [3.05, 3.63) is 64.2 Å². The Morgan fingerprint density at radius 1 is 1.12 bits per heavy atom. The van der Waals surface area contributed by atoms with Crippen LogP contribution in [0.5, 0.6) is 0 Å². The molecule has 0 aromatic heterocycles. The van der Waals surface area contributed by atoms with Gasteiger partial charge in [-0.25, -0.2) is 4.79 Å². The molecule has 0 spiro atoms. The third-order valence-corrected chi connectivity index (χ3v) is 3.77. The van der Waals surface area contributed by atoms with Crippen LogP contribution >= 0.6 is 11.8 Å². The monoisotopic (exact) mass is 346 g/mol. The molecule has 7 nitrogen and oxygen atoms in total. The summed E-state index contributed by atoms with van der Waals surface area (Å²) in [6, 6.07) is 12.2. The second-order valence-electron chi connectivity index (χ2n) is 4.66. The van der Waals surface area contributed by atoms with Crippen LogP contribution in [0.4, 0.5) is 11.4 Å². The van der Waals surface area contributed by atoms with Crippen molar-refractivity contribution in [1.29, 1.82) is 0 Å². The zero-order chi connectivity index (χ0) is 17.5. The zero-order valence-electron chi connectivity index (χ0n) is 12.7. The quantitative estimate of drug-likeness (QED) is 0.373. The van der Waals surface area contributed by atoms with Crippen LogP contribution in [0.15, 0.2) is 53.4 Å². The molecule has 124 valence electrons. The average Bonchev–Trinajstić information content (AvgIpc) is 2.60. The molecule has 24 heavy (non-hydrogen) atoms. The summed E-state index contributed by atoms with van der Waals surface area (Å²) in [5, 5.41) is 13.2. The topological polar surface area (TPSA) is 98.5 Å². The lowest BCUT2D eigenvalue weighted by atomic mass is 10.2. The Bertz CT molecular complexity index is 744. The molecule has 0 radical (unpaired) electrons. The fraction of sp³-hybridized carbons (Fsp3) is 0.125. The van der Waals surface area contributed by atoms with E-state index in [0.717, 1.165) is 4.90 Å². The number of carbonyl (C=O) groups excluding carboxylic acids is 2. The van der Waals surface area contributed by atoms with Crippen LogP contribution in [-0.2, 0) is 9.53 Å². The van der Waals surface area contributed by atoms with E-state index in [9.17, 15) is 19.7 Å². The van der Waals surface area contributed by atoms with Crippen LogP contribution in [-0.4, -0.2) is 29.7 Å². The number of nitro groups is 1. The van der Waals surface area contributed by atoms with E-state index in [4.69, 9.17) is 4.74 Å². The van der Waals surface area contributed by atoms with Crippen molar-refractivity contribution in [3.63, 3.8) is 0 Å². The van der Waals surface area contributed by atoms with Gasteiger partial charge in [-0.1, -0.05) is 0 Å². The molecule has 0 aliphatic carbocycles. The van der Waals surface area contributed by atoms with E-state index >= 15 is 0 Å². The van der Waals surface area contributed by atoms with E-state index in [0.29, 0.717) is 5.69 Å². The summed E-state index contributed by atoms with van der Waals surface area (Å²) >= 11 is 1.59. The standard InChI is InChI=1S/C16H14N2O5S/c1-24-14-8-4-12(5-9-14)17-15(19)10-23-16(20)11-2-6-13(7-3-11)18(21)22/h2-9H,10H2,1H3,(H,17,19). The lowest BCUT2D eigenvalue weighted by Crippen LogP contribution is -2.20. The van der Waals surface area contributed by atoms with Crippen LogP contribution in [0.3, 0.4) is 0 Å². The summed E-state index contributed by atoms with van der Waals surface area (Å²) in [4.78, 5) is 34.6. The number of nitro benzene ring substituents is 1. The van der Waals surface area contributed by atoms with Gasteiger partial charge in [0.25, 0.3) is 11.6 Å². The highest BCUT2D eigenvalue weighted by Crippen LogP contribution is 2.17. The number of rotatable bonds is 6. The van der Waals surface area contributed by atoms with E-state index in [1.54, 1.807) is 23.9 Å². The molecule has 2 rings (SSSR count). The number of nitrogens with zero attached hydrogens (tertiary/aromatic N) is 1. The van der Waals surface area contributed by atoms with Crippen LogP contribution < -0.4 is 5.32 Å². The number of nitrogens with one attached hydrogen (secondary N) is 1. The first-order valence-corrected chi connectivity index (χ1v) is 8.07. The molecule has 0 unspecified atom stereocenters. The molecular formula is C16H14N2O5S. The lowest BCUT2D eigenvalue weighted by molar-refractivity contribution is -0.384. The molecule has 2 aromatic carbocycles. The Kier molecular flexibility index (Phi) is 5.91. The van der Waals surface area contributed by atoms with Gasteiger partial charge in [0.05, 0.1) is 10.5 Å². The van der Waals surface area contributed by atoms with Crippen molar-refractivity contribution in [2.75, 3.05) is 18.2 Å². The maximum absolute atomic E-state index is 11.8. The van der Waals surface area contributed by atoms with Crippen LogP contribution in [0, 0.1) is 10.1 Å². The van der Waals surface area contributed by atoms with Crippen LogP contribution in [0.2, 0.25) is 0 Å². The van der Waals surface area contributed by atoms with E-state index < -0.39 is 23.4 Å². The molecule has 0 bridgehead atoms. The molecule has 0 saturated heterocycles. The number of non-ortho nitro benzene ring substituents is 1. The van der Waals surface area contributed by atoms with Gasteiger partial charge in [-0.05, 0) is 42.7 Å². The Labute approximate surface area is 142 Å². The number of carbonyl (C=O) groups is 2. The molecule has 0 saturated carbocycles. The van der Waals surface area contributed by atoms with Gasteiger partial charge in [0.1, 0.15) is 0 Å². The first kappa shape index (κ1) is 17.5. The molecule has 1 N–H and O–H groups in total. The minimum atomic E-state index is -0.724. The highest BCUT2D eigenvalue weighted by atomic mass is 32.2. The first-order chi connectivity index (χ1) is 11.5. The summed E-state index contributed by atoms with van der Waals surface area (Å²) < 4.78 is 4.88. The van der Waals surface area contributed by atoms with Crippen molar-refractivity contribution >= 4 is 35.0 Å². The molecular weight excluding hydrogens is 332 g/mol. The molecule has 0 fully saturated rings. The Morgan fingerprint density at radius 3 is 2.29 bits per heavy atom. The normalized spacial score (nSPS) is 10.0. The van der Waals surface area contributed by atoms with E-state index in [1.165, 1.54) is 24.3 Å². The highest BCUT2D eigenvalue weighted by molar-refractivity contribution is 7.98. The van der Waals surface area contributed by atoms with Gasteiger partial charge < -0.3 is 10.1 Å². The third-order valence-electron chi connectivity index (χ3n) is 3.02. The second-order valence-corrected chi connectivity index (χ2v) is 5.54. The SMILES string of the molecule is CSc1ccc(NC(=O)COC(=O)c2ccc([N+](=O)[O-])cc2)cc1. The van der Waals surface area contributed by atoms with Gasteiger partial charge in [0, 0.05) is 22.7 Å². The maximum Gasteiger partial charge on any atom is 0.338 e. The molecule has 1 amide bonds. The number of hydrogen-bond donors (Lipinski definition) is 1. The molecule has 0 aliphatic rings. The molecule has 0 atom stereocenters. The first-order valence-electron chi connectivity index (χ1n) is 6.85. The van der Waals surface area contributed by atoms with Crippen molar-refractivity contribution < 1.29 is 19.2 Å². The summed E-state index contributed by atoms with van der Waals surface area (Å²) in [5.41, 5.74) is 0.611. The van der Waals surface area contributed by atoms with Crippen molar-refractivity contribution in [2.45, 2.75) is 4.90 Å². The van der Waals surface area contributed by atoms with Gasteiger partial charge in [-0.3, -0.25) is 14.9 Å². The smallest absolute Gasteiger partial charge is 0.338 e. The van der Waals surface area contributed by atoms with E-state index in [1.807, 2.05) is 18.4 Å². The summed E-state index contributed by atoms with van der Waals surface area (Å²) in [6.45, 7) is -0.444. The van der Waals surface area contributed by atoms with Crippen molar-refractivity contribution in [2.24, 2.45) is 0 Å². The van der Waals surface area contributed by atoms with Gasteiger partial charge in [-0.15, -0.1) is 11.8 Å². The predicted octanol–water partition coefficient (Wildman–Crippen LogP) is 3.11. The number of amides is 1. The highest BCUT2D eigenvalue weighted by Gasteiger charge is 2.12. The fourth-order valence-corrected chi connectivity index (χ4v) is 2.21. The predicted molar refractivity (Wildman–Crippen MR) is 90.2 cm³/mol. The Balaban J connectivity index is 1.86. The third kappa shape index (κ3) is 4.82. The summed E-state index contributed by atoms with van der Waals surface area (Å²) in [7, 11) is 0. The molecule has 0 aliphatic heterocycles. The number of anilines is 1. The fourth-order valence-electron chi connectivity index (χ4n) is 1.81. The number of hydrogen-bond acceptors (Lipinski definition) is 6. The van der Waals surface area contributed by atoms with E-state index in [2.05, 4.69) is 5.32 Å². The van der Waals surface area contributed by atoms with Gasteiger partial charge in [0.2, 0.25) is 0 Å². The largest absolute Gasteiger partial charge is 0.452 e. The second kappa shape index (κ2) is 8.11. The van der Waals surface area contributed by atoms with Gasteiger partial charge >= 0.3 is 5.97 Å². The van der Waals surface area contributed by atoms with Gasteiger partial charge in [0.15, 0.2) is 6.61 Å². The zero-order valence-corrected chi connectivity index (χ0v) is 13.5. The van der Waals surface area contributed by atoms with Crippen LogP contribution in [0.25, 0.3) is 0 Å². The molecule has 0 heterocycles. The Morgan fingerprint density at radius 2 is 1.75 bits per heavy atom. The number of thioether (sulfide) groups is 1. The van der Waals surface area contributed by atoms with Gasteiger partial charge in [-0.2, -0.15) is 0 Å². The number of ether oxygens (including phenoxy) is 1. The summed E-state index contributed by atoms with van der Waals surface area (Å²) in [6.07, 6.45) is 1.95. The van der Waals surface area contributed by atoms with E-state index in [-0.39, 0.29) is 11.3 Å². The van der Waals surface area contributed by atoms with Crippen molar-refractivity contribution in [1.82, 2.24) is 0 Å². The average molecular weight is 346 g/mol. The molecule has 8 heteroatoms. The number of benzene rings is 2. The Hall–Kier alpha value is -2.87.